The molecule has 0 aliphatic rings. The van der Waals surface area contributed by atoms with Gasteiger partial charge in [0.1, 0.15) is 5.54 Å². The van der Waals surface area contributed by atoms with E-state index in [0.717, 1.165) is 10.9 Å². The summed E-state index contributed by atoms with van der Waals surface area (Å²) < 4.78 is 1.88. The minimum Gasteiger partial charge on any atom is -0.480 e. The lowest BCUT2D eigenvalue weighted by Crippen LogP contribution is -2.44. The Balaban J connectivity index is 2.01. The first-order chi connectivity index (χ1) is 8.50. The molecule has 0 amide bonds. The smallest absolute Gasteiger partial charge is 0.323 e. The van der Waals surface area contributed by atoms with Crippen molar-refractivity contribution in [1.82, 2.24) is 9.78 Å². The van der Waals surface area contributed by atoms with E-state index in [2.05, 4.69) is 5.10 Å². The monoisotopic (exact) mass is 247 g/mol. The number of nitrogens with zero attached hydrogens (tertiary/aromatic N) is 2. The Morgan fingerprint density at radius 2 is 2.22 bits per heavy atom. The molecule has 0 aliphatic carbocycles. The van der Waals surface area contributed by atoms with Gasteiger partial charge in [0.15, 0.2) is 0 Å². The number of aliphatic carboxylic acids is 1. The van der Waals surface area contributed by atoms with E-state index in [1.54, 1.807) is 0 Å². The molecule has 1 aromatic carbocycles. The molecule has 0 bridgehead atoms. The van der Waals surface area contributed by atoms with Crippen molar-refractivity contribution < 1.29 is 9.90 Å². The minimum atomic E-state index is -1.16. The van der Waals surface area contributed by atoms with Crippen molar-refractivity contribution >= 4 is 16.9 Å². The minimum absolute atomic E-state index is 0.427. The standard InChI is InChI=1S/C13H17N3O2/c1-13(14,12(17)18)7-4-8-16-11-6-3-2-5-10(11)9-15-16/h2-3,5-6,9H,4,7-8,14H2,1H3,(H,17,18). The van der Waals surface area contributed by atoms with E-state index in [1.165, 1.54) is 6.92 Å². The van der Waals surface area contributed by atoms with Gasteiger partial charge in [-0.1, -0.05) is 18.2 Å². The number of hydrogen-bond acceptors (Lipinski definition) is 3. The number of nitrogens with two attached hydrogens (primary N) is 1. The third-order valence-corrected chi connectivity index (χ3v) is 3.11. The molecule has 3 N–H and O–H groups in total. The zero-order valence-electron chi connectivity index (χ0n) is 10.3. The molecule has 0 spiro atoms. The molecule has 1 atom stereocenters. The van der Waals surface area contributed by atoms with Crippen LogP contribution in [-0.2, 0) is 11.3 Å². The second-order valence-electron chi connectivity index (χ2n) is 4.75. The number of hydrogen-bond donors (Lipinski definition) is 2. The maximum atomic E-state index is 10.9. The summed E-state index contributed by atoms with van der Waals surface area (Å²) in [5.41, 5.74) is 5.58. The Hall–Kier alpha value is -1.88. The van der Waals surface area contributed by atoms with Crippen molar-refractivity contribution in [2.24, 2.45) is 5.73 Å². The zero-order valence-corrected chi connectivity index (χ0v) is 10.3. The van der Waals surface area contributed by atoms with Crippen molar-refractivity contribution in [3.05, 3.63) is 30.5 Å². The van der Waals surface area contributed by atoms with E-state index < -0.39 is 11.5 Å². The predicted molar refractivity (Wildman–Crippen MR) is 69.2 cm³/mol. The van der Waals surface area contributed by atoms with Crippen molar-refractivity contribution in [3.8, 4) is 0 Å². The highest BCUT2D eigenvalue weighted by Gasteiger charge is 2.26. The van der Waals surface area contributed by atoms with Gasteiger partial charge in [0.05, 0.1) is 11.7 Å². The van der Waals surface area contributed by atoms with Crippen LogP contribution in [0.4, 0.5) is 0 Å². The lowest BCUT2D eigenvalue weighted by atomic mass is 9.97. The number of carbonyl (C=O) groups is 1. The van der Waals surface area contributed by atoms with Gasteiger partial charge in [-0.2, -0.15) is 5.10 Å². The van der Waals surface area contributed by atoms with Gasteiger partial charge in [-0.15, -0.1) is 0 Å². The molecule has 18 heavy (non-hydrogen) atoms. The highest BCUT2D eigenvalue weighted by atomic mass is 16.4. The van der Waals surface area contributed by atoms with Crippen LogP contribution in [0.5, 0.6) is 0 Å². The number of aryl methyl sites for hydroxylation is 1. The molecule has 2 aromatic rings. The van der Waals surface area contributed by atoms with Crippen LogP contribution in [0.1, 0.15) is 19.8 Å². The SMILES string of the molecule is CC(N)(CCCn1ncc2ccccc21)C(=O)O. The zero-order chi connectivity index (χ0) is 13.2. The van der Waals surface area contributed by atoms with Crippen molar-refractivity contribution in [1.29, 1.82) is 0 Å². The lowest BCUT2D eigenvalue weighted by molar-refractivity contribution is -0.142. The fraction of sp³-hybridized carbons (Fsp3) is 0.385. The molecule has 0 aliphatic heterocycles. The number of aromatic nitrogens is 2. The highest BCUT2D eigenvalue weighted by Crippen LogP contribution is 2.15. The molecule has 5 heteroatoms. The van der Waals surface area contributed by atoms with Crippen molar-refractivity contribution in [3.63, 3.8) is 0 Å². The molecule has 0 radical (unpaired) electrons. The number of para-hydroxylation sites is 1. The Bertz CT molecular complexity index is 560. The molecule has 0 saturated heterocycles. The fourth-order valence-corrected chi connectivity index (χ4v) is 1.91. The van der Waals surface area contributed by atoms with Crippen LogP contribution in [-0.4, -0.2) is 26.4 Å². The molecular weight excluding hydrogens is 230 g/mol. The topological polar surface area (TPSA) is 81.1 Å². The van der Waals surface area contributed by atoms with Crippen molar-refractivity contribution in [2.75, 3.05) is 0 Å². The molecule has 0 fully saturated rings. The number of carboxylic acid groups (broad SMARTS) is 1. The molecule has 2 rings (SSSR count). The van der Waals surface area contributed by atoms with Gasteiger partial charge >= 0.3 is 5.97 Å². The maximum Gasteiger partial charge on any atom is 0.323 e. The van der Waals surface area contributed by atoms with Gasteiger partial charge in [0, 0.05) is 11.9 Å². The third kappa shape index (κ3) is 2.51. The molecule has 5 nitrogen and oxygen atoms in total. The van der Waals surface area contributed by atoms with E-state index in [9.17, 15) is 4.79 Å². The van der Waals surface area contributed by atoms with Gasteiger partial charge in [-0.3, -0.25) is 9.48 Å². The second kappa shape index (κ2) is 4.78. The first-order valence-electron chi connectivity index (χ1n) is 5.93. The predicted octanol–water partition coefficient (Wildman–Crippen LogP) is 1.62. The molecule has 96 valence electrons. The summed E-state index contributed by atoms with van der Waals surface area (Å²) in [4.78, 5) is 10.9. The van der Waals surface area contributed by atoms with Crippen LogP contribution in [0.25, 0.3) is 10.9 Å². The van der Waals surface area contributed by atoms with Gasteiger partial charge in [0.2, 0.25) is 0 Å². The number of benzene rings is 1. The summed E-state index contributed by atoms with van der Waals surface area (Å²) >= 11 is 0. The van der Waals surface area contributed by atoms with E-state index >= 15 is 0 Å². The van der Waals surface area contributed by atoms with E-state index in [4.69, 9.17) is 10.8 Å². The van der Waals surface area contributed by atoms with Crippen LogP contribution >= 0.6 is 0 Å². The summed E-state index contributed by atoms with van der Waals surface area (Å²) in [5, 5.41) is 14.3. The maximum absolute atomic E-state index is 10.9. The van der Waals surface area contributed by atoms with Gasteiger partial charge in [-0.25, -0.2) is 0 Å². The second-order valence-corrected chi connectivity index (χ2v) is 4.75. The number of carboxylic acids is 1. The summed E-state index contributed by atoms with van der Waals surface area (Å²) in [6, 6.07) is 7.94. The third-order valence-electron chi connectivity index (χ3n) is 3.11. The normalized spacial score (nSPS) is 14.6. The Morgan fingerprint density at radius 1 is 1.50 bits per heavy atom. The fourth-order valence-electron chi connectivity index (χ4n) is 1.91. The quantitative estimate of drug-likeness (QED) is 0.841. The van der Waals surface area contributed by atoms with E-state index in [1.807, 2.05) is 35.1 Å². The summed E-state index contributed by atoms with van der Waals surface area (Å²) in [5.74, 6) is -0.965. The highest BCUT2D eigenvalue weighted by molar-refractivity contribution is 5.78. The molecule has 1 aromatic heterocycles. The summed E-state index contributed by atoms with van der Waals surface area (Å²) in [7, 11) is 0. The van der Waals surface area contributed by atoms with Crippen LogP contribution in [0.3, 0.4) is 0 Å². The van der Waals surface area contributed by atoms with Gasteiger partial charge < -0.3 is 10.8 Å². The first kappa shape index (κ1) is 12.6. The summed E-state index contributed by atoms with van der Waals surface area (Å²) in [6.45, 7) is 2.21. The number of fused-ring (bicyclic) bond motifs is 1. The Morgan fingerprint density at radius 3 is 2.94 bits per heavy atom. The van der Waals surface area contributed by atoms with Crippen molar-refractivity contribution in [2.45, 2.75) is 31.8 Å². The van der Waals surface area contributed by atoms with Crippen LogP contribution in [0.2, 0.25) is 0 Å². The van der Waals surface area contributed by atoms with Crippen LogP contribution in [0.15, 0.2) is 30.5 Å². The Labute approximate surface area is 105 Å². The molecular formula is C13H17N3O2. The largest absolute Gasteiger partial charge is 0.480 e. The van der Waals surface area contributed by atoms with Gasteiger partial charge in [-0.05, 0) is 25.8 Å². The molecule has 1 heterocycles. The molecule has 1 unspecified atom stereocenters. The van der Waals surface area contributed by atoms with E-state index in [-0.39, 0.29) is 0 Å². The number of rotatable bonds is 5. The Kier molecular flexibility index (Phi) is 3.34. The summed E-state index contributed by atoms with van der Waals surface area (Å²) in [6.07, 6.45) is 2.93. The average molecular weight is 247 g/mol. The first-order valence-corrected chi connectivity index (χ1v) is 5.93. The average Bonchev–Trinajstić information content (AvgIpc) is 2.72. The van der Waals surface area contributed by atoms with Crippen LogP contribution in [0, 0.1) is 0 Å². The van der Waals surface area contributed by atoms with Gasteiger partial charge in [0.25, 0.3) is 0 Å². The lowest BCUT2D eigenvalue weighted by Gasteiger charge is -2.18. The van der Waals surface area contributed by atoms with E-state index in [0.29, 0.717) is 19.4 Å². The van der Waals surface area contributed by atoms with Crippen LogP contribution < -0.4 is 5.73 Å². The molecule has 0 saturated carbocycles.